The van der Waals surface area contributed by atoms with E-state index in [1.807, 2.05) is 13.2 Å². The number of rotatable bonds is 7. The van der Waals surface area contributed by atoms with Crippen molar-refractivity contribution in [3.63, 3.8) is 0 Å². The molecule has 1 aliphatic rings. The van der Waals surface area contributed by atoms with Crippen LogP contribution in [-0.4, -0.2) is 29.5 Å². The summed E-state index contributed by atoms with van der Waals surface area (Å²) in [5, 5.41) is 7.89. The molecule has 0 spiro atoms. The van der Waals surface area contributed by atoms with E-state index in [0.717, 1.165) is 13.2 Å². The molecule has 1 saturated carbocycles. The first-order valence-electron chi connectivity index (χ1n) is 8.12. The molecular weight excluding hydrogens is 250 g/mol. The Morgan fingerprint density at radius 3 is 2.70 bits per heavy atom. The van der Waals surface area contributed by atoms with Crippen LogP contribution in [0.2, 0.25) is 0 Å². The molecule has 1 aromatic heterocycles. The average Bonchev–Trinajstić information content (AvgIpc) is 2.96. The van der Waals surface area contributed by atoms with Crippen molar-refractivity contribution in [2.24, 2.45) is 5.92 Å². The Morgan fingerprint density at radius 1 is 1.35 bits per heavy atom. The molecule has 20 heavy (non-hydrogen) atoms. The van der Waals surface area contributed by atoms with Crippen molar-refractivity contribution >= 4 is 0 Å². The second-order valence-corrected chi connectivity index (χ2v) is 5.66. The van der Waals surface area contributed by atoms with E-state index in [2.05, 4.69) is 35.0 Å². The van der Waals surface area contributed by atoms with Crippen LogP contribution >= 0.6 is 0 Å². The van der Waals surface area contributed by atoms with E-state index in [4.69, 9.17) is 4.74 Å². The van der Waals surface area contributed by atoms with Crippen LogP contribution in [0.1, 0.15) is 57.7 Å². The molecule has 0 aliphatic heterocycles. The number of aromatic nitrogens is 2. The van der Waals surface area contributed by atoms with E-state index in [1.54, 1.807) is 0 Å². The minimum absolute atomic E-state index is 0.237. The minimum Gasteiger partial charge on any atom is -0.376 e. The summed E-state index contributed by atoms with van der Waals surface area (Å²) in [5.41, 5.74) is 1.25. The molecule has 0 saturated heterocycles. The predicted octanol–water partition coefficient (Wildman–Crippen LogP) is 3.15. The number of likely N-dealkylation sites (N-methyl/N-ethyl adjacent to an activating group) is 1. The van der Waals surface area contributed by atoms with Crippen molar-refractivity contribution in [1.82, 2.24) is 15.1 Å². The van der Waals surface area contributed by atoms with Gasteiger partial charge in [0.25, 0.3) is 0 Å². The Labute approximate surface area is 122 Å². The van der Waals surface area contributed by atoms with Crippen LogP contribution in [0.4, 0.5) is 0 Å². The molecule has 0 amide bonds. The smallest absolute Gasteiger partial charge is 0.0812 e. The molecule has 4 heteroatoms. The highest BCUT2D eigenvalue weighted by Gasteiger charge is 2.32. The number of aryl methyl sites for hydroxylation is 1. The molecule has 2 atom stereocenters. The van der Waals surface area contributed by atoms with Gasteiger partial charge in [-0.05, 0) is 45.7 Å². The van der Waals surface area contributed by atoms with Gasteiger partial charge in [-0.25, -0.2) is 0 Å². The van der Waals surface area contributed by atoms with E-state index >= 15 is 0 Å². The van der Waals surface area contributed by atoms with Gasteiger partial charge in [-0.3, -0.25) is 4.68 Å². The Hall–Kier alpha value is -0.870. The van der Waals surface area contributed by atoms with Gasteiger partial charge in [0, 0.05) is 19.3 Å². The molecule has 0 radical (unpaired) electrons. The standard InChI is InChI=1S/C16H29N3O/c1-4-19-14(11-12-18-19)15(17-3)16(20-5-2)13-9-7-6-8-10-13/h11-13,15-17H,4-10H2,1-3H3. The molecule has 1 N–H and O–H groups in total. The molecule has 1 heterocycles. The fourth-order valence-corrected chi connectivity index (χ4v) is 3.51. The third-order valence-electron chi connectivity index (χ3n) is 4.48. The normalized spacial score (nSPS) is 19.9. The summed E-state index contributed by atoms with van der Waals surface area (Å²) in [6.45, 7) is 5.92. The Morgan fingerprint density at radius 2 is 2.10 bits per heavy atom. The molecule has 114 valence electrons. The van der Waals surface area contributed by atoms with Crippen LogP contribution in [0.5, 0.6) is 0 Å². The summed E-state index contributed by atoms with van der Waals surface area (Å²) in [5.74, 6) is 0.668. The van der Waals surface area contributed by atoms with Gasteiger partial charge in [-0.15, -0.1) is 0 Å². The summed E-state index contributed by atoms with van der Waals surface area (Å²) in [6.07, 6.45) is 8.81. The minimum atomic E-state index is 0.237. The van der Waals surface area contributed by atoms with Crippen molar-refractivity contribution in [2.45, 2.75) is 64.6 Å². The third-order valence-corrected chi connectivity index (χ3v) is 4.48. The van der Waals surface area contributed by atoms with Crippen LogP contribution in [-0.2, 0) is 11.3 Å². The van der Waals surface area contributed by atoms with Gasteiger partial charge in [0.15, 0.2) is 0 Å². The summed E-state index contributed by atoms with van der Waals surface area (Å²) >= 11 is 0. The number of nitrogens with zero attached hydrogens (tertiary/aromatic N) is 2. The molecule has 1 aromatic rings. The van der Waals surface area contributed by atoms with Gasteiger partial charge in [0.2, 0.25) is 0 Å². The SMILES string of the molecule is CCOC(C1CCCCC1)C(NC)c1ccnn1CC. The van der Waals surface area contributed by atoms with Crippen molar-refractivity contribution in [2.75, 3.05) is 13.7 Å². The van der Waals surface area contributed by atoms with E-state index < -0.39 is 0 Å². The van der Waals surface area contributed by atoms with E-state index in [-0.39, 0.29) is 12.1 Å². The summed E-state index contributed by atoms with van der Waals surface area (Å²) in [4.78, 5) is 0. The Balaban J connectivity index is 2.19. The lowest BCUT2D eigenvalue weighted by molar-refractivity contribution is -0.0185. The highest BCUT2D eigenvalue weighted by Crippen LogP contribution is 2.34. The highest BCUT2D eigenvalue weighted by atomic mass is 16.5. The lowest BCUT2D eigenvalue weighted by Gasteiger charge is -2.35. The lowest BCUT2D eigenvalue weighted by atomic mass is 9.81. The van der Waals surface area contributed by atoms with Gasteiger partial charge < -0.3 is 10.1 Å². The van der Waals surface area contributed by atoms with Crippen LogP contribution in [0.3, 0.4) is 0 Å². The topological polar surface area (TPSA) is 39.1 Å². The average molecular weight is 279 g/mol. The summed E-state index contributed by atoms with van der Waals surface area (Å²) < 4.78 is 8.23. The highest BCUT2D eigenvalue weighted by molar-refractivity contribution is 5.10. The molecule has 1 fully saturated rings. The quantitative estimate of drug-likeness (QED) is 0.833. The zero-order chi connectivity index (χ0) is 14.4. The lowest BCUT2D eigenvalue weighted by Crippen LogP contribution is -2.39. The van der Waals surface area contributed by atoms with Crippen LogP contribution in [0.15, 0.2) is 12.3 Å². The van der Waals surface area contributed by atoms with Gasteiger partial charge in [0.05, 0.1) is 17.8 Å². The molecule has 4 nitrogen and oxygen atoms in total. The number of hydrogen-bond acceptors (Lipinski definition) is 3. The van der Waals surface area contributed by atoms with Gasteiger partial charge in [-0.1, -0.05) is 19.3 Å². The Bertz CT molecular complexity index is 385. The van der Waals surface area contributed by atoms with Crippen LogP contribution in [0.25, 0.3) is 0 Å². The molecule has 0 bridgehead atoms. The fourth-order valence-electron chi connectivity index (χ4n) is 3.51. The van der Waals surface area contributed by atoms with Gasteiger partial charge >= 0.3 is 0 Å². The zero-order valence-electron chi connectivity index (χ0n) is 13.1. The molecular formula is C16H29N3O. The number of nitrogens with one attached hydrogen (secondary N) is 1. The Kier molecular flexibility index (Phi) is 6.05. The van der Waals surface area contributed by atoms with Crippen LogP contribution in [0, 0.1) is 5.92 Å². The second-order valence-electron chi connectivity index (χ2n) is 5.66. The van der Waals surface area contributed by atoms with Crippen molar-refractivity contribution in [1.29, 1.82) is 0 Å². The third kappa shape index (κ3) is 3.41. The monoisotopic (exact) mass is 279 g/mol. The van der Waals surface area contributed by atoms with E-state index in [0.29, 0.717) is 5.92 Å². The molecule has 0 aromatic carbocycles. The van der Waals surface area contributed by atoms with Crippen molar-refractivity contribution in [3.8, 4) is 0 Å². The van der Waals surface area contributed by atoms with Gasteiger partial charge in [0.1, 0.15) is 0 Å². The van der Waals surface area contributed by atoms with Crippen molar-refractivity contribution in [3.05, 3.63) is 18.0 Å². The summed E-state index contributed by atoms with van der Waals surface area (Å²) in [7, 11) is 2.03. The first kappa shape index (κ1) is 15.5. The molecule has 1 aliphatic carbocycles. The largest absolute Gasteiger partial charge is 0.376 e. The maximum absolute atomic E-state index is 6.15. The first-order chi connectivity index (χ1) is 9.81. The zero-order valence-corrected chi connectivity index (χ0v) is 13.1. The maximum atomic E-state index is 6.15. The second kappa shape index (κ2) is 7.79. The summed E-state index contributed by atoms with van der Waals surface area (Å²) in [6, 6.07) is 2.36. The maximum Gasteiger partial charge on any atom is 0.0812 e. The van der Waals surface area contributed by atoms with E-state index in [9.17, 15) is 0 Å². The van der Waals surface area contributed by atoms with Crippen molar-refractivity contribution < 1.29 is 4.74 Å². The molecule has 2 unspecified atom stereocenters. The first-order valence-corrected chi connectivity index (χ1v) is 8.12. The fraction of sp³-hybridized carbons (Fsp3) is 0.812. The number of ether oxygens (including phenoxy) is 1. The van der Waals surface area contributed by atoms with Gasteiger partial charge in [-0.2, -0.15) is 5.10 Å². The number of hydrogen-bond donors (Lipinski definition) is 1. The van der Waals surface area contributed by atoms with Crippen LogP contribution < -0.4 is 5.32 Å². The van der Waals surface area contributed by atoms with E-state index in [1.165, 1.54) is 37.8 Å². The predicted molar refractivity (Wildman–Crippen MR) is 81.7 cm³/mol. The molecule has 2 rings (SSSR count).